The summed E-state index contributed by atoms with van der Waals surface area (Å²) in [4.78, 5) is 32.1. The Morgan fingerprint density at radius 2 is 1.76 bits per heavy atom. The number of halogens is 1. The van der Waals surface area contributed by atoms with Crippen LogP contribution in [0, 0.1) is 11.7 Å². The molecule has 1 fully saturated rings. The van der Waals surface area contributed by atoms with Crippen molar-refractivity contribution in [3.63, 3.8) is 0 Å². The zero-order chi connectivity index (χ0) is 20.4. The molecule has 0 aromatic heterocycles. The van der Waals surface area contributed by atoms with Crippen molar-refractivity contribution in [3.05, 3.63) is 65.5 Å². The first kappa shape index (κ1) is 19.3. The van der Waals surface area contributed by atoms with Crippen molar-refractivity contribution < 1.29 is 14.0 Å². The van der Waals surface area contributed by atoms with Crippen molar-refractivity contribution in [2.75, 3.05) is 11.9 Å². The number of hydrogen-bond donors (Lipinski definition) is 1. The number of hydrogen-bond acceptors (Lipinski definition) is 3. The Morgan fingerprint density at radius 3 is 2.48 bits per heavy atom. The largest absolute Gasteiger partial charge is 0.326 e. The van der Waals surface area contributed by atoms with Crippen LogP contribution in [-0.4, -0.2) is 30.7 Å². The van der Waals surface area contributed by atoms with E-state index in [1.807, 2.05) is 24.3 Å². The fourth-order valence-corrected chi connectivity index (χ4v) is 4.07. The molecule has 5 nitrogen and oxygen atoms in total. The Hall–Kier alpha value is -3.02. The summed E-state index contributed by atoms with van der Waals surface area (Å²) in [5.41, 5.74) is 2.73. The summed E-state index contributed by atoms with van der Waals surface area (Å²) >= 11 is 0. The highest BCUT2D eigenvalue weighted by molar-refractivity contribution is 6.20. The monoisotopic (exact) mass is 393 g/mol. The molecule has 2 aromatic rings. The van der Waals surface area contributed by atoms with Crippen molar-refractivity contribution in [1.29, 1.82) is 0 Å². The molecule has 1 heterocycles. The molecule has 1 N–H and O–H groups in total. The minimum atomic E-state index is -1.01. The van der Waals surface area contributed by atoms with Crippen molar-refractivity contribution in [2.45, 2.75) is 38.3 Å². The minimum Gasteiger partial charge on any atom is -0.326 e. The predicted molar refractivity (Wildman–Crippen MR) is 110 cm³/mol. The van der Waals surface area contributed by atoms with Crippen molar-refractivity contribution in [1.82, 2.24) is 5.32 Å². The molecule has 0 spiro atoms. The van der Waals surface area contributed by atoms with E-state index in [0.29, 0.717) is 17.0 Å². The maximum Gasteiger partial charge on any atom is 0.272 e. The van der Waals surface area contributed by atoms with E-state index in [1.165, 1.54) is 17.0 Å². The number of carbonyl (C=O) groups excluding carboxylic acids is 2. The van der Waals surface area contributed by atoms with Crippen LogP contribution in [0.5, 0.6) is 0 Å². The first-order valence-corrected chi connectivity index (χ1v) is 10.1. The Labute approximate surface area is 169 Å². The van der Waals surface area contributed by atoms with Gasteiger partial charge in [-0.1, -0.05) is 37.5 Å². The van der Waals surface area contributed by atoms with Gasteiger partial charge in [0.1, 0.15) is 5.82 Å². The van der Waals surface area contributed by atoms with Gasteiger partial charge in [0.05, 0.1) is 11.4 Å². The molecule has 2 aliphatic rings. The van der Waals surface area contributed by atoms with Gasteiger partial charge in [0.25, 0.3) is 5.91 Å². The molecule has 0 bridgehead atoms. The summed E-state index contributed by atoms with van der Waals surface area (Å²) < 4.78 is 13.4. The lowest BCUT2D eigenvalue weighted by Gasteiger charge is -2.24. The van der Waals surface area contributed by atoms with Crippen LogP contribution in [0.3, 0.4) is 0 Å². The summed E-state index contributed by atoms with van der Waals surface area (Å²) in [6.45, 7) is 0. The number of aliphatic imine (C=N–C) groups is 1. The van der Waals surface area contributed by atoms with Crippen LogP contribution in [0.25, 0.3) is 0 Å². The van der Waals surface area contributed by atoms with Crippen LogP contribution in [0.2, 0.25) is 0 Å². The number of anilines is 1. The van der Waals surface area contributed by atoms with E-state index in [-0.39, 0.29) is 23.5 Å². The fourth-order valence-electron chi connectivity index (χ4n) is 4.07. The van der Waals surface area contributed by atoms with Gasteiger partial charge < -0.3 is 10.2 Å². The van der Waals surface area contributed by atoms with E-state index in [4.69, 9.17) is 0 Å². The van der Waals surface area contributed by atoms with Gasteiger partial charge in [-0.25, -0.2) is 9.38 Å². The van der Waals surface area contributed by atoms with E-state index in [1.54, 1.807) is 19.2 Å². The molecule has 6 heteroatoms. The van der Waals surface area contributed by atoms with Gasteiger partial charge in [-0.15, -0.1) is 0 Å². The summed E-state index contributed by atoms with van der Waals surface area (Å²) in [6, 6.07) is 13.5. The number of nitrogens with zero attached hydrogens (tertiary/aromatic N) is 2. The molecule has 2 aromatic carbocycles. The first-order valence-electron chi connectivity index (χ1n) is 10.1. The Balaban J connectivity index is 1.73. The predicted octanol–water partition coefficient (Wildman–Crippen LogP) is 3.66. The van der Waals surface area contributed by atoms with Crippen LogP contribution in [-0.2, 0) is 9.59 Å². The third kappa shape index (κ3) is 3.92. The van der Waals surface area contributed by atoms with E-state index in [9.17, 15) is 14.0 Å². The maximum absolute atomic E-state index is 13.4. The van der Waals surface area contributed by atoms with Gasteiger partial charge in [0.15, 0.2) is 0 Å². The van der Waals surface area contributed by atoms with Crippen molar-refractivity contribution in [2.24, 2.45) is 10.9 Å². The average molecular weight is 393 g/mol. The molecule has 1 saturated carbocycles. The molecule has 0 radical (unpaired) electrons. The average Bonchev–Trinajstić information content (AvgIpc) is 2.86. The normalized spacial score (nSPS) is 19.9. The Bertz CT molecular complexity index is 949. The van der Waals surface area contributed by atoms with Crippen molar-refractivity contribution >= 4 is 23.2 Å². The second-order valence-corrected chi connectivity index (χ2v) is 7.65. The van der Waals surface area contributed by atoms with Gasteiger partial charge in [-0.3, -0.25) is 9.59 Å². The van der Waals surface area contributed by atoms with Gasteiger partial charge in [-0.05, 0) is 43.2 Å². The van der Waals surface area contributed by atoms with Crippen LogP contribution >= 0.6 is 0 Å². The van der Waals surface area contributed by atoms with E-state index >= 15 is 0 Å². The highest BCUT2D eigenvalue weighted by Gasteiger charge is 2.32. The molecule has 4 rings (SSSR count). The number of benzodiazepines with no additional fused rings is 1. The zero-order valence-electron chi connectivity index (χ0n) is 16.4. The topological polar surface area (TPSA) is 61.8 Å². The standard InChI is InChI=1S/C23H24FN3O2/c1-27-19-10-6-5-9-18(19)20(15-11-13-17(24)14-12-15)25-21(23(27)29)26-22(28)16-7-3-2-4-8-16/h5-6,9-14,16,21H,2-4,7-8H2,1H3,(H,26,28). The molecule has 150 valence electrons. The fraction of sp³-hybridized carbons (Fsp3) is 0.348. The lowest BCUT2D eigenvalue weighted by atomic mass is 9.88. The lowest BCUT2D eigenvalue weighted by Crippen LogP contribution is -2.48. The van der Waals surface area contributed by atoms with Gasteiger partial charge in [0.2, 0.25) is 12.1 Å². The summed E-state index contributed by atoms with van der Waals surface area (Å²) in [6.07, 6.45) is 3.89. The van der Waals surface area contributed by atoms with Gasteiger partial charge in [-0.2, -0.15) is 0 Å². The number of benzene rings is 2. The number of rotatable bonds is 3. The van der Waals surface area contributed by atoms with Gasteiger partial charge >= 0.3 is 0 Å². The van der Waals surface area contributed by atoms with Crippen molar-refractivity contribution in [3.8, 4) is 0 Å². The first-order chi connectivity index (χ1) is 14.0. The zero-order valence-corrected chi connectivity index (χ0v) is 16.4. The smallest absolute Gasteiger partial charge is 0.272 e. The molecule has 29 heavy (non-hydrogen) atoms. The number of likely N-dealkylation sites (N-methyl/N-ethyl adjacent to an activating group) is 1. The highest BCUT2D eigenvalue weighted by Crippen LogP contribution is 2.28. The van der Waals surface area contributed by atoms with Crippen LogP contribution in [0.4, 0.5) is 10.1 Å². The Morgan fingerprint density at radius 1 is 1.07 bits per heavy atom. The van der Waals surface area contributed by atoms with Crippen LogP contribution < -0.4 is 10.2 Å². The second kappa shape index (κ2) is 8.15. The van der Waals surface area contributed by atoms with E-state index in [2.05, 4.69) is 10.3 Å². The maximum atomic E-state index is 13.4. The molecule has 1 unspecified atom stereocenters. The number of nitrogens with one attached hydrogen (secondary N) is 1. The molecule has 0 saturated heterocycles. The summed E-state index contributed by atoms with van der Waals surface area (Å²) in [5.74, 6) is -0.827. The number of carbonyl (C=O) groups is 2. The molecular weight excluding hydrogens is 369 g/mol. The number of amides is 2. The SMILES string of the molecule is CN1C(=O)C(NC(=O)C2CCCCC2)N=C(c2ccc(F)cc2)c2ccccc21. The number of fused-ring (bicyclic) bond motifs is 1. The highest BCUT2D eigenvalue weighted by atomic mass is 19.1. The third-order valence-electron chi connectivity index (χ3n) is 5.72. The Kier molecular flexibility index (Phi) is 5.43. The van der Waals surface area contributed by atoms with Crippen LogP contribution in [0.15, 0.2) is 53.5 Å². The summed E-state index contributed by atoms with van der Waals surface area (Å²) in [7, 11) is 1.68. The summed E-state index contributed by atoms with van der Waals surface area (Å²) in [5, 5.41) is 2.86. The molecule has 2 amide bonds. The second-order valence-electron chi connectivity index (χ2n) is 7.65. The van der Waals surface area contributed by atoms with Crippen LogP contribution in [0.1, 0.15) is 43.2 Å². The lowest BCUT2D eigenvalue weighted by molar-refractivity contribution is -0.130. The third-order valence-corrected chi connectivity index (χ3v) is 5.72. The van der Waals surface area contributed by atoms with E-state index < -0.39 is 6.17 Å². The molecular formula is C23H24FN3O2. The molecule has 1 aliphatic heterocycles. The number of para-hydroxylation sites is 1. The quantitative estimate of drug-likeness (QED) is 0.865. The molecule has 1 aliphatic carbocycles. The van der Waals surface area contributed by atoms with E-state index in [0.717, 1.165) is 37.7 Å². The minimum absolute atomic E-state index is 0.0723. The van der Waals surface area contributed by atoms with Gasteiger partial charge in [0, 0.05) is 24.1 Å². The molecule has 1 atom stereocenters.